The number of hydrogen-bond acceptors (Lipinski definition) is 5. The summed E-state index contributed by atoms with van der Waals surface area (Å²) in [6, 6.07) is 12.5. The first-order chi connectivity index (χ1) is 14.5. The van der Waals surface area contributed by atoms with Gasteiger partial charge in [-0.2, -0.15) is 9.36 Å². The van der Waals surface area contributed by atoms with Crippen molar-refractivity contribution < 1.29 is 9.64 Å². The van der Waals surface area contributed by atoms with Crippen LogP contribution in [0.4, 0.5) is 5.69 Å². The number of nitrogens with one attached hydrogen (secondary N) is 1. The molecule has 2 aromatic carbocycles. The molecule has 1 fully saturated rings. The normalized spacial score (nSPS) is 14.9. The molecule has 3 aromatic rings. The number of tetrazole rings is 1. The first kappa shape index (κ1) is 20.6. The van der Waals surface area contributed by atoms with E-state index in [2.05, 4.69) is 47.4 Å². The number of benzene rings is 2. The van der Waals surface area contributed by atoms with Gasteiger partial charge in [-0.3, -0.25) is 0 Å². The van der Waals surface area contributed by atoms with Crippen LogP contribution in [0.3, 0.4) is 0 Å². The molecule has 1 aromatic heterocycles. The van der Waals surface area contributed by atoms with Gasteiger partial charge < -0.3 is 14.5 Å². The smallest absolute Gasteiger partial charge is 0.225 e. The number of aromatic nitrogens is 4. The van der Waals surface area contributed by atoms with Gasteiger partial charge in [-0.05, 0) is 78.3 Å². The zero-order chi connectivity index (χ0) is 21.3. The van der Waals surface area contributed by atoms with Crippen LogP contribution in [-0.4, -0.2) is 53.1 Å². The second-order valence-corrected chi connectivity index (χ2v) is 8.33. The van der Waals surface area contributed by atoms with Crippen molar-refractivity contribution in [2.24, 2.45) is 0 Å². The molecule has 2 heterocycles. The van der Waals surface area contributed by atoms with E-state index in [1.807, 2.05) is 29.8 Å². The van der Waals surface area contributed by atoms with Crippen LogP contribution >= 0.6 is 12.2 Å². The maximum absolute atomic E-state index is 5.68. The van der Waals surface area contributed by atoms with Gasteiger partial charge in [-0.15, -0.1) is 0 Å². The minimum absolute atomic E-state index is 0.586. The molecule has 0 spiro atoms. The Morgan fingerprint density at radius 3 is 2.53 bits per heavy atom. The molecule has 1 aliphatic rings. The van der Waals surface area contributed by atoms with Gasteiger partial charge in [0, 0.05) is 5.69 Å². The topological polar surface area (TPSA) is 52.5 Å². The highest BCUT2D eigenvalue weighted by atomic mass is 32.1. The fraction of sp³-hybridized carbons (Fsp3) is 0.409. The first-order valence-electron chi connectivity index (χ1n) is 10.3. The first-order valence-corrected chi connectivity index (χ1v) is 10.7. The number of hydrogen-bond donors (Lipinski definition) is 1. The Morgan fingerprint density at radius 1 is 1.03 bits per heavy atom. The van der Waals surface area contributed by atoms with Crippen LogP contribution in [0.2, 0.25) is 0 Å². The standard InChI is InChI=1S/C22H28N6OS/c1-16-8-9-21(29-4)20(14-16)28-22(30)27(23-24-28)15-25-10-12-26(13-11-25)19-7-5-6-17(2)18(19)3/h5-9,14H,10-13,15H2,1-4H3/p+1. The average molecular weight is 426 g/mol. The fourth-order valence-corrected chi connectivity index (χ4v) is 4.24. The van der Waals surface area contributed by atoms with Gasteiger partial charge in [0.2, 0.25) is 4.77 Å². The van der Waals surface area contributed by atoms with E-state index in [4.69, 9.17) is 17.0 Å². The highest BCUT2D eigenvalue weighted by Crippen LogP contribution is 2.24. The molecule has 30 heavy (non-hydrogen) atoms. The molecule has 1 aliphatic heterocycles. The number of aryl methyl sites for hydroxylation is 2. The third-order valence-corrected chi connectivity index (χ3v) is 6.35. The number of nitrogens with zero attached hydrogens (tertiary/aromatic N) is 5. The van der Waals surface area contributed by atoms with Crippen molar-refractivity contribution in [3.05, 3.63) is 57.9 Å². The fourth-order valence-electron chi connectivity index (χ4n) is 4.00. The number of piperazine rings is 1. The summed E-state index contributed by atoms with van der Waals surface area (Å²) in [5.74, 6) is 0.734. The Balaban J connectivity index is 1.46. The van der Waals surface area contributed by atoms with Gasteiger partial charge in [0.15, 0.2) is 6.67 Å². The summed E-state index contributed by atoms with van der Waals surface area (Å²) < 4.78 is 9.58. The molecule has 0 unspecified atom stereocenters. The summed E-state index contributed by atoms with van der Waals surface area (Å²) in [5.41, 5.74) is 6.01. The van der Waals surface area contributed by atoms with Gasteiger partial charge in [-0.1, -0.05) is 18.2 Å². The van der Waals surface area contributed by atoms with Crippen molar-refractivity contribution in [3.63, 3.8) is 0 Å². The van der Waals surface area contributed by atoms with Crippen molar-refractivity contribution in [3.8, 4) is 11.4 Å². The molecule has 0 bridgehead atoms. The largest absolute Gasteiger partial charge is 0.494 e. The monoisotopic (exact) mass is 425 g/mol. The Bertz CT molecular complexity index is 1100. The average Bonchev–Trinajstić information content (AvgIpc) is 3.11. The predicted octanol–water partition coefficient (Wildman–Crippen LogP) is 2.09. The van der Waals surface area contributed by atoms with Gasteiger partial charge in [0.25, 0.3) is 0 Å². The lowest BCUT2D eigenvalue weighted by Gasteiger charge is -2.34. The minimum Gasteiger partial charge on any atom is -0.494 e. The molecule has 0 radical (unpaired) electrons. The lowest BCUT2D eigenvalue weighted by molar-refractivity contribution is -0.924. The second-order valence-electron chi connectivity index (χ2n) is 7.96. The van der Waals surface area contributed by atoms with Gasteiger partial charge in [-0.25, -0.2) is 0 Å². The third kappa shape index (κ3) is 3.97. The number of quaternary nitrogens is 1. The maximum Gasteiger partial charge on any atom is 0.225 e. The van der Waals surface area contributed by atoms with E-state index in [1.165, 1.54) is 21.7 Å². The van der Waals surface area contributed by atoms with Crippen LogP contribution in [0.1, 0.15) is 16.7 Å². The summed E-state index contributed by atoms with van der Waals surface area (Å²) in [6.07, 6.45) is 0. The quantitative estimate of drug-likeness (QED) is 0.635. The molecular weight excluding hydrogens is 396 g/mol. The van der Waals surface area contributed by atoms with Crippen molar-refractivity contribution >= 4 is 17.9 Å². The van der Waals surface area contributed by atoms with Crippen molar-refractivity contribution in [2.75, 3.05) is 38.2 Å². The van der Waals surface area contributed by atoms with Crippen LogP contribution in [0.25, 0.3) is 5.69 Å². The molecule has 8 heteroatoms. The molecule has 0 amide bonds. The Morgan fingerprint density at radius 2 is 1.80 bits per heavy atom. The number of methoxy groups -OCH3 is 1. The van der Waals surface area contributed by atoms with Crippen LogP contribution in [-0.2, 0) is 6.67 Å². The Labute approximate surface area is 182 Å². The van der Waals surface area contributed by atoms with E-state index in [-0.39, 0.29) is 0 Å². The molecule has 0 aliphatic carbocycles. The molecule has 0 atom stereocenters. The van der Waals surface area contributed by atoms with Gasteiger partial charge in [0.1, 0.15) is 11.4 Å². The molecule has 7 nitrogen and oxygen atoms in total. The minimum atomic E-state index is 0.586. The molecule has 4 rings (SSSR count). The lowest BCUT2D eigenvalue weighted by Crippen LogP contribution is -3.14. The zero-order valence-electron chi connectivity index (χ0n) is 18.1. The van der Waals surface area contributed by atoms with Gasteiger partial charge >= 0.3 is 0 Å². The van der Waals surface area contributed by atoms with E-state index in [0.29, 0.717) is 11.4 Å². The van der Waals surface area contributed by atoms with Crippen molar-refractivity contribution in [2.45, 2.75) is 27.4 Å². The van der Waals surface area contributed by atoms with E-state index in [0.717, 1.165) is 43.2 Å². The zero-order valence-corrected chi connectivity index (χ0v) is 18.9. The van der Waals surface area contributed by atoms with E-state index in [9.17, 15) is 0 Å². The lowest BCUT2D eigenvalue weighted by atomic mass is 10.1. The number of ether oxygens (including phenoxy) is 1. The van der Waals surface area contributed by atoms with Crippen LogP contribution < -0.4 is 14.5 Å². The molecule has 1 saturated heterocycles. The Hall–Kier alpha value is -2.71. The highest BCUT2D eigenvalue weighted by molar-refractivity contribution is 7.71. The summed E-state index contributed by atoms with van der Waals surface area (Å²) in [7, 11) is 1.65. The highest BCUT2D eigenvalue weighted by Gasteiger charge is 2.23. The molecule has 0 saturated carbocycles. The van der Waals surface area contributed by atoms with Crippen molar-refractivity contribution in [1.29, 1.82) is 0 Å². The van der Waals surface area contributed by atoms with Crippen molar-refractivity contribution in [1.82, 2.24) is 19.8 Å². The van der Waals surface area contributed by atoms with E-state index >= 15 is 0 Å². The molecular formula is C22H29N6OS+. The van der Waals surface area contributed by atoms with E-state index < -0.39 is 0 Å². The number of rotatable bonds is 5. The summed E-state index contributed by atoms with van der Waals surface area (Å²) in [4.78, 5) is 3.94. The van der Waals surface area contributed by atoms with E-state index in [1.54, 1.807) is 11.8 Å². The van der Waals surface area contributed by atoms with Crippen LogP contribution in [0.15, 0.2) is 36.4 Å². The van der Waals surface area contributed by atoms with Crippen LogP contribution in [0, 0.1) is 25.5 Å². The predicted molar refractivity (Wildman–Crippen MR) is 120 cm³/mol. The summed E-state index contributed by atoms with van der Waals surface area (Å²) >= 11 is 5.68. The molecule has 1 N–H and O–H groups in total. The SMILES string of the molecule is COc1ccc(C)cc1-n1nnn(C[NH+]2CCN(c3cccc(C)c3C)CC2)c1=S. The second kappa shape index (κ2) is 8.57. The number of anilines is 1. The summed E-state index contributed by atoms with van der Waals surface area (Å²) in [5, 5.41) is 8.64. The summed E-state index contributed by atoms with van der Waals surface area (Å²) in [6.45, 7) is 11.3. The molecule has 158 valence electrons. The Kier molecular flexibility index (Phi) is 5.87. The van der Waals surface area contributed by atoms with Crippen LogP contribution in [0.5, 0.6) is 5.75 Å². The third-order valence-electron chi connectivity index (χ3n) is 5.96. The van der Waals surface area contributed by atoms with Gasteiger partial charge in [0.05, 0.1) is 33.3 Å². The maximum atomic E-state index is 5.68.